The van der Waals surface area contributed by atoms with Crippen LogP contribution >= 0.6 is 27.3 Å². The number of thiophene rings is 1. The van der Waals surface area contributed by atoms with Gasteiger partial charge in [-0.3, -0.25) is 0 Å². The lowest BCUT2D eigenvalue weighted by atomic mass is 10.1. The Bertz CT molecular complexity index is 522. The maximum atomic E-state index is 8.63. The summed E-state index contributed by atoms with van der Waals surface area (Å²) in [7, 11) is 0. The fraction of sp³-hybridized carbons (Fsp3) is 0.182. The van der Waals surface area contributed by atoms with Crippen molar-refractivity contribution in [1.82, 2.24) is 0 Å². The summed E-state index contributed by atoms with van der Waals surface area (Å²) in [6, 6.07) is 8.49. The second-order valence-electron chi connectivity index (χ2n) is 3.21. The molecule has 0 aliphatic heterocycles. The minimum Gasteiger partial charge on any atom is -0.198 e. The Morgan fingerprint density at radius 2 is 2.21 bits per heavy atom. The van der Waals surface area contributed by atoms with Crippen LogP contribution in [0.5, 0.6) is 0 Å². The van der Waals surface area contributed by atoms with Gasteiger partial charge in [0.25, 0.3) is 0 Å². The molecule has 0 fully saturated rings. The van der Waals surface area contributed by atoms with Gasteiger partial charge in [0.05, 0.1) is 16.3 Å². The highest BCUT2D eigenvalue weighted by Crippen LogP contribution is 2.32. The molecule has 0 aliphatic rings. The first kappa shape index (κ1) is 9.70. The summed E-state index contributed by atoms with van der Waals surface area (Å²) in [4.78, 5) is 0. The molecule has 1 nitrogen and oxygen atoms in total. The van der Waals surface area contributed by atoms with Gasteiger partial charge in [0, 0.05) is 4.70 Å². The second-order valence-corrected chi connectivity index (χ2v) is 5.67. The van der Waals surface area contributed by atoms with Crippen molar-refractivity contribution in [2.75, 3.05) is 0 Å². The standard InChI is InChI=1S/C11H8BrNS/c1-7-4-8(2-3-13)5-10-9(7)6-11(12)14-10/h4-6H,2H2,1H3. The Labute approximate surface area is 95.1 Å². The average molecular weight is 266 g/mol. The maximum Gasteiger partial charge on any atom is 0.0711 e. The van der Waals surface area contributed by atoms with E-state index >= 15 is 0 Å². The number of benzene rings is 1. The monoisotopic (exact) mass is 265 g/mol. The van der Waals surface area contributed by atoms with Crippen LogP contribution in [-0.2, 0) is 6.42 Å². The molecule has 1 heterocycles. The second kappa shape index (κ2) is 3.72. The Kier molecular flexibility index (Phi) is 2.58. The van der Waals surface area contributed by atoms with E-state index in [2.05, 4.69) is 47.1 Å². The molecule has 3 heteroatoms. The van der Waals surface area contributed by atoms with Crippen molar-refractivity contribution in [3.8, 4) is 6.07 Å². The van der Waals surface area contributed by atoms with Gasteiger partial charge in [0.2, 0.25) is 0 Å². The van der Waals surface area contributed by atoms with E-state index in [0.717, 1.165) is 9.35 Å². The first-order valence-electron chi connectivity index (χ1n) is 4.26. The van der Waals surface area contributed by atoms with E-state index in [9.17, 15) is 0 Å². The van der Waals surface area contributed by atoms with E-state index < -0.39 is 0 Å². The molecule has 0 spiro atoms. The number of nitriles is 1. The Balaban J connectivity index is 2.66. The van der Waals surface area contributed by atoms with Gasteiger partial charge in [-0.25, -0.2) is 0 Å². The molecule has 0 saturated carbocycles. The fourth-order valence-electron chi connectivity index (χ4n) is 1.55. The molecule has 0 bridgehead atoms. The van der Waals surface area contributed by atoms with Crippen LogP contribution in [0.2, 0.25) is 0 Å². The lowest BCUT2D eigenvalue weighted by Crippen LogP contribution is -1.82. The minimum absolute atomic E-state index is 0.492. The molecule has 2 aromatic rings. The molecule has 0 atom stereocenters. The van der Waals surface area contributed by atoms with Crippen molar-refractivity contribution in [2.24, 2.45) is 0 Å². The van der Waals surface area contributed by atoms with Crippen LogP contribution in [0.15, 0.2) is 22.0 Å². The third kappa shape index (κ3) is 1.68. The van der Waals surface area contributed by atoms with Crippen LogP contribution in [0, 0.1) is 18.3 Å². The SMILES string of the molecule is Cc1cc(CC#N)cc2sc(Br)cc12. The van der Waals surface area contributed by atoms with Crippen LogP contribution in [-0.4, -0.2) is 0 Å². The van der Waals surface area contributed by atoms with Crippen LogP contribution in [0.1, 0.15) is 11.1 Å². The van der Waals surface area contributed by atoms with Gasteiger partial charge in [0.15, 0.2) is 0 Å². The number of hydrogen-bond acceptors (Lipinski definition) is 2. The first-order chi connectivity index (χ1) is 6.70. The van der Waals surface area contributed by atoms with Crippen molar-refractivity contribution in [2.45, 2.75) is 13.3 Å². The van der Waals surface area contributed by atoms with Gasteiger partial charge in [0.1, 0.15) is 0 Å². The number of aryl methyl sites for hydroxylation is 1. The third-order valence-corrected chi connectivity index (χ3v) is 3.74. The van der Waals surface area contributed by atoms with E-state index in [-0.39, 0.29) is 0 Å². The summed E-state index contributed by atoms with van der Waals surface area (Å²) in [6.07, 6.45) is 0.492. The van der Waals surface area contributed by atoms with Crippen LogP contribution in [0.3, 0.4) is 0 Å². The molecular formula is C11H8BrNS. The number of fused-ring (bicyclic) bond motifs is 1. The summed E-state index contributed by atoms with van der Waals surface area (Å²) in [5, 5.41) is 9.91. The zero-order valence-electron chi connectivity index (χ0n) is 7.67. The highest BCUT2D eigenvalue weighted by atomic mass is 79.9. The van der Waals surface area contributed by atoms with Crippen LogP contribution < -0.4 is 0 Å². The van der Waals surface area contributed by atoms with Crippen LogP contribution in [0.25, 0.3) is 10.1 Å². The molecule has 0 radical (unpaired) electrons. The van der Waals surface area contributed by atoms with Gasteiger partial charge in [-0.1, -0.05) is 6.07 Å². The molecule has 1 aromatic carbocycles. The van der Waals surface area contributed by atoms with Crippen molar-refractivity contribution in [1.29, 1.82) is 5.26 Å². The number of nitrogens with zero attached hydrogens (tertiary/aromatic N) is 1. The summed E-state index contributed by atoms with van der Waals surface area (Å²) in [5.74, 6) is 0. The molecule has 1 aromatic heterocycles. The molecule has 70 valence electrons. The van der Waals surface area contributed by atoms with Gasteiger partial charge in [-0.05, 0) is 51.5 Å². The topological polar surface area (TPSA) is 23.8 Å². The van der Waals surface area contributed by atoms with E-state index in [1.54, 1.807) is 11.3 Å². The van der Waals surface area contributed by atoms with Crippen LogP contribution in [0.4, 0.5) is 0 Å². The van der Waals surface area contributed by atoms with E-state index in [1.807, 2.05) is 0 Å². The fourth-order valence-corrected chi connectivity index (χ4v) is 3.23. The minimum atomic E-state index is 0.492. The highest BCUT2D eigenvalue weighted by Gasteiger charge is 2.04. The molecule has 0 saturated heterocycles. The molecular weight excluding hydrogens is 258 g/mol. The Hall–Kier alpha value is -0.850. The maximum absolute atomic E-state index is 8.63. The van der Waals surface area contributed by atoms with Crippen molar-refractivity contribution >= 4 is 37.4 Å². The summed E-state index contributed by atoms with van der Waals surface area (Å²) in [6.45, 7) is 2.09. The molecule has 0 N–H and O–H groups in total. The van der Waals surface area contributed by atoms with Crippen molar-refractivity contribution in [3.63, 3.8) is 0 Å². The quantitative estimate of drug-likeness (QED) is 0.764. The van der Waals surface area contributed by atoms with Gasteiger partial charge >= 0.3 is 0 Å². The molecule has 2 rings (SSSR count). The predicted molar refractivity (Wildman–Crippen MR) is 63.6 cm³/mol. The van der Waals surface area contributed by atoms with Crippen molar-refractivity contribution in [3.05, 3.63) is 33.1 Å². The lowest BCUT2D eigenvalue weighted by molar-refractivity contribution is 1.26. The number of rotatable bonds is 1. The molecule has 0 unspecified atom stereocenters. The summed E-state index contributed by atoms with van der Waals surface area (Å²) < 4.78 is 2.40. The zero-order valence-corrected chi connectivity index (χ0v) is 10.1. The number of halogens is 1. The average Bonchev–Trinajstić information content (AvgIpc) is 2.47. The van der Waals surface area contributed by atoms with E-state index in [0.29, 0.717) is 6.42 Å². The summed E-state index contributed by atoms with van der Waals surface area (Å²) >= 11 is 5.19. The molecule has 0 amide bonds. The molecule has 14 heavy (non-hydrogen) atoms. The van der Waals surface area contributed by atoms with Gasteiger partial charge < -0.3 is 0 Å². The predicted octanol–water partition coefficient (Wildman–Crippen LogP) is 4.04. The lowest BCUT2D eigenvalue weighted by Gasteiger charge is -1.99. The Morgan fingerprint density at radius 3 is 2.93 bits per heavy atom. The summed E-state index contributed by atoms with van der Waals surface area (Å²) in [5.41, 5.74) is 2.35. The van der Waals surface area contributed by atoms with Crippen molar-refractivity contribution < 1.29 is 0 Å². The Morgan fingerprint density at radius 1 is 1.43 bits per heavy atom. The van der Waals surface area contributed by atoms with Gasteiger partial charge in [-0.2, -0.15) is 5.26 Å². The third-order valence-electron chi connectivity index (χ3n) is 2.16. The largest absolute Gasteiger partial charge is 0.198 e. The normalized spacial score (nSPS) is 10.4. The van der Waals surface area contributed by atoms with Gasteiger partial charge in [-0.15, -0.1) is 11.3 Å². The number of hydrogen-bond donors (Lipinski definition) is 0. The van der Waals surface area contributed by atoms with E-state index in [4.69, 9.17) is 5.26 Å². The first-order valence-corrected chi connectivity index (χ1v) is 5.87. The van der Waals surface area contributed by atoms with E-state index in [1.165, 1.54) is 15.6 Å². The smallest absolute Gasteiger partial charge is 0.0711 e. The molecule has 0 aliphatic carbocycles. The zero-order chi connectivity index (χ0) is 10.1. The highest BCUT2D eigenvalue weighted by molar-refractivity contribution is 9.11.